The molecule has 34 aromatic carbocycles. The van der Waals surface area contributed by atoms with Crippen molar-refractivity contribution in [3.8, 4) is 55.6 Å². The maximum Gasteiger partial charge on any atom is 0.0528 e. The van der Waals surface area contributed by atoms with Crippen LogP contribution in [-0.4, -0.2) is 0 Å². The lowest BCUT2D eigenvalue weighted by Crippen LogP contribution is -2.27. The Morgan fingerprint density at radius 3 is 0.469 bits per heavy atom. The summed E-state index contributed by atoms with van der Waals surface area (Å²) in [5.74, 6) is 0. The van der Waals surface area contributed by atoms with Crippen molar-refractivity contribution in [3.05, 3.63) is 177 Å². The highest BCUT2D eigenvalue weighted by Crippen LogP contribution is 2.99. The molecule has 0 radical (unpaired) electrons. The zero-order chi connectivity index (χ0) is 94.5. The van der Waals surface area contributed by atoms with Crippen LogP contribution < -0.4 is 0 Å². The molecule has 0 saturated heterocycles. The van der Waals surface area contributed by atoms with Crippen LogP contribution in [0.15, 0.2) is 121 Å². The largest absolute Gasteiger partial charge is 0.0654 e. The minimum Gasteiger partial charge on any atom is -0.0654 e. The Morgan fingerprint density at radius 2 is 0.279 bits per heavy atom. The number of hydrogen-bond acceptors (Lipinski definition) is 0. The van der Waals surface area contributed by atoms with Crippen molar-refractivity contribution in [1.29, 1.82) is 0 Å². The van der Waals surface area contributed by atoms with Crippen LogP contribution in [0.4, 0.5) is 0 Å². The Kier molecular flexibility index (Phi) is 13.7. The van der Waals surface area contributed by atoms with Gasteiger partial charge in [0.1, 0.15) is 0 Å². The average Bonchev–Trinajstić information content (AvgIpc) is 1.35. The molecule has 0 aliphatic heterocycles. The van der Waals surface area contributed by atoms with Crippen molar-refractivity contribution < 1.29 is 0 Å². The van der Waals surface area contributed by atoms with Gasteiger partial charge in [-0.1, -0.05) is 382 Å². The van der Waals surface area contributed by atoms with Gasteiger partial charge in [-0.25, -0.2) is 0 Å². The second-order valence-corrected chi connectivity index (χ2v) is 52.0. The molecular weight excluding hydrogens is 1770 g/mol. The van der Waals surface area contributed by atoms with Crippen molar-refractivity contribution in [2.75, 3.05) is 0 Å². The smallest absolute Gasteiger partial charge is 0.0528 e. The lowest BCUT2D eigenvalue weighted by Gasteiger charge is -2.33. The van der Waals surface area contributed by atoms with Gasteiger partial charge in [-0.15, -0.1) is 0 Å². The van der Waals surface area contributed by atoms with Gasteiger partial charge in [0.05, 0.1) is 16.2 Å². The van der Waals surface area contributed by atoms with E-state index in [9.17, 15) is 0 Å². The van der Waals surface area contributed by atoms with E-state index in [1.165, 1.54) is 338 Å². The summed E-state index contributed by atoms with van der Waals surface area (Å²) in [7, 11) is 0. The van der Waals surface area contributed by atoms with Gasteiger partial charge in [-0.3, -0.25) is 0 Å². The normalized spacial score (nSPS) is 17.1. The van der Waals surface area contributed by atoms with Crippen LogP contribution in [0, 0.1) is 0 Å². The van der Waals surface area contributed by atoms with E-state index < -0.39 is 16.2 Å². The van der Waals surface area contributed by atoms with Gasteiger partial charge in [0.25, 0.3) is 0 Å². The van der Waals surface area contributed by atoms with E-state index >= 15 is 0 Å². The van der Waals surface area contributed by atoms with Crippen LogP contribution in [-0.2, 0) is 27.1 Å². The van der Waals surface area contributed by atoms with Crippen LogP contribution in [0.5, 0.6) is 0 Å². The Labute approximate surface area is 854 Å². The van der Waals surface area contributed by atoms with Crippen LogP contribution in [0.1, 0.15) is 366 Å². The molecule has 0 amide bonds. The monoisotopic (exact) mass is 1880 g/mol. The highest BCUT2D eigenvalue weighted by molar-refractivity contribution is 6.83. The first-order chi connectivity index (χ1) is 73.0. The molecular formula is C147H120. The molecule has 0 heteroatoms. The highest BCUT2D eigenvalue weighted by atomic mass is 14.9. The van der Waals surface area contributed by atoms with E-state index in [4.69, 9.17) is 0 Å². The summed E-state index contributed by atoms with van der Waals surface area (Å²) in [6.07, 6.45) is 59.6. The van der Waals surface area contributed by atoms with Gasteiger partial charge in [-0.2, -0.15) is 0 Å². The van der Waals surface area contributed by atoms with Gasteiger partial charge in [0.15, 0.2) is 0 Å². The fourth-order valence-electron chi connectivity index (χ4n) is 42.3. The van der Waals surface area contributed by atoms with Crippen molar-refractivity contribution >= 4 is 291 Å². The van der Waals surface area contributed by atoms with Crippen molar-refractivity contribution in [3.63, 3.8) is 0 Å². The molecule has 0 nitrogen and oxygen atoms in total. The summed E-state index contributed by atoms with van der Waals surface area (Å²) in [5, 5.41) is 90.9. The molecule has 0 N–H and O–H groups in total. The SMILES string of the molecule is CCCCCCCCCCCCC1(CCCCCCCCCCCC)c2ccccc2-c2ccc(-c3ccc4c(c3)C3(c5cc(-c6ccc7c(c6)C(CCCCCCCCCCCC)(CCCCCCCCCCCC)c6ccccc6-7)ccc5-4)C45c6c7c8c9c%10c%11c(c%12c%13c4c4c6c6c%14c7c7c8c8c%10c%10c%15c%11c%11c%12c%12c%13c%13c4c4c6c6c%14c%14c7c7c8c%10c8c%10c%15c%11c%11c%12c%12c%13c4c4c6c6c%14c7c8c7c%10c%11c%12c4c67)C935)cc21. The zero-order valence-electron chi connectivity index (χ0n) is 86.2. The Bertz CT molecular complexity index is 10200. The molecule has 1 saturated carbocycles. The lowest BCUT2D eigenvalue weighted by atomic mass is 9.68. The van der Waals surface area contributed by atoms with Gasteiger partial charge < -0.3 is 0 Å². The van der Waals surface area contributed by atoms with Crippen molar-refractivity contribution in [2.45, 2.75) is 337 Å². The molecule has 42 rings (SSSR count). The van der Waals surface area contributed by atoms with E-state index in [2.05, 4.69) is 149 Å². The molecule has 0 atom stereocenters. The van der Waals surface area contributed by atoms with Crippen LogP contribution >= 0.6 is 0 Å². The van der Waals surface area contributed by atoms with Crippen LogP contribution in [0.3, 0.4) is 0 Å². The first-order valence-corrected chi connectivity index (χ1v) is 60.6. The minimum absolute atomic E-state index is 0.0513. The second-order valence-electron chi connectivity index (χ2n) is 52.0. The van der Waals surface area contributed by atoms with Crippen molar-refractivity contribution in [2.24, 2.45) is 0 Å². The van der Waals surface area contributed by atoms with E-state index in [0.717, 1.165) is 0 Å². The number of rotatable bonds is 46. The van der Waals surface area contributed by atoms with Gasteiger partial charge >= 0.3 is 0 Å². The third-order valence-corrected chi connectivity index (χ3v) is 46.5. The van der Waals surface area contributed by atoms with E-state index in [0.29, 0.717) is 0 Å². The summed E-state index contributed by atoms with van der Waals surface area (Å²) in [6, 6.07) is 53.5. The Hall–Kier alpha value is -12.2. The molecule has 8 aliphatic carbocycles. The van der Waals surface area contributed by atoms with Crippen molar-refractivity contribution in [1.82, 2.24) is 0 Å². The first kappa shape index (κ1) is 79.0. The summed E-state index contributed by atoms with van der Waals surface area (Å²) >= 11 is 0. The molecule has 0 aromatic heterocycles. The molecule has 708 valence electrons. The van der Waals surface area contributed by atoms with E-state index in [1.54, 1.807) is 346 Å². The summed E-state index contributed by atoms with van der Waals surface area (Å²) in [4.78, 5) is 0. The molecule has 1 fully saturated rings. The zero-order valence-corrected chi connectivity index (χ0v) is 86.2. The molecule has 147 heavy (non-hydrogen) atoms. The molecule has 0 unspecified atom stereocenters. The molecule has 0 heterocycles. The minimum atomic E-state index is -0.579. The predicted octanol–water partition coefficient (Wildman–Crippen LogP) is 44.4. The molecule has 0 bridgehead atoms. The summed E-state index contributed by atoms with van der Waals surface area (Å²) in [5.41, 5.74) is 30.1. The number of benzene rings is 24. The summed E-state index contributed by atoms with van der Waals surface area (Å²) in [6.45, 7) is 9.46. The number of fused-ring (bicyclic) bond motifs is 11. The highest BCUT2D eigenvalue weighted by Gasteiger charge is 2.96. The lowest BCUT2D eigenvalue weighted by molar-refractivity contribution is 0.397. The fraction of sp³-hybridized carbons (Fsp3) is 0.361. The molecule has 8 aliphatic rings. The molecule has 34 aromatic rings. The van der Waals surface area contributed by atoms with Crippen LogP contribution in [0.2, 0.25) is 0 Å². The van der Waals surface area contributed by atoms with Crippen LogP contribution in [0.25, 0.3) is 346 Å². The summed E-state index contributed by atoms with van der Waals surface area (Å²) < 4.78 is 0. The third-order valence-electron chi connectivity index (χ3n) is 46.5. The molecule has 3 spiro atoms. The number of hydrogen-bond donors (Lipinski definition) is 0. The Morgan fingerprint density at radius 1 is 0.129 bits per heavy atom. The predicted molar refractivity (Wildman–Crippen MR) is 636 cm³/mol. The maximum absolute atomic E-state index is 3.03. The number of unbranched alkanes of at least 4 members (excludes halogenated alkanes) is 36. The van der Waals surface area contributed by atoms with E-state index in [-0.39, 0.29) is 10.8 Å². The van der Waals surface area contributed by atoms with Gasteiger partial charge in [0, 0.05) is 10.8 Å². The fourth-order valence-corrected chi connectivity index (χ4v) is 42.3. The topological polar surface area (TPSA) is 0 Å². The Balaban J connectivity index is 0.579. The second kappa shape index (κ2) is 25.6. The third kappa shape index (κ3) is 7.44. The first-order valence-electron chi connectivity index (χ1n) is 60.6. The van der Waals surface area contributed by atoms with Gasteiger partial charge in [0.2, 0.25) is 0 Å². The van der Waals surface area contributed by atoms with E-state index in [1.807, 2.05) is 0 Å². The van der Waals surface area contributed by atoms with Gasteiger partial charge in [-0.05, 0) is 452 Å². The maximum atomic E-state index is 3.03. The average molecular weight is 1890 g/mol. The standard InChI is InChI=1S/C147H120/c1-5-9-13-17-21-25-29-33-37-45-61-143(62-46-38-34-30-26-22-18-14-10-6-2)79-51-43-41-49-73(79)75-57-53-69(65-81(75)143)71-55-59-77-78-60-56-72(70-54-58-76-74-50-42-44-52-80(74)144(82(76)66-70,63-47-39-35-31-27-23-19-15-11-7-3)64-48-40-36-32-28-24-20-16-12-8-4)68-84(78)145(83(77)67-71)146-139-131-123-113-103-95-87-85-86-89-93-91(87)99-107-101(93)111-105-97(89)98-90(86)94-92-88(85)96(95)104-110-100(92)108-102(94)112-106(98)116-115(105)125-119(111)129-121(107)127(117(123)109(99)103)135(139)137(129)141-133(125)134-126(116)120(112)130-122(108)128-118(110)124(114(104)113)132(131)140(146)136(128)138(130)142(134)147(141,145)146/h41-44,49-60,65-68H,5-40,45-48,61-64H2,1-4H3. The quantitative estimate of drug-likeness (QED) is 0.0263.